The second-order valence-corrected chi connectivity index (χ2v) is 6.63. The lowest BCUT2D eigenvalue weighted by atomic mass is 9.93. The van der Waals surface area contributed by atoms with Gasteiger partial charge in [-0.15, -0.1) is 0 Å². The van der Waals surface area contributed by atoms with E-state index in [1.807, 2.05) is 4.90 Å². The van der Waals surface area contributed by atoms with Gasteiger partial charge in [-0.3, -0.25) is 9.59 Å². The van der Waals surface area contributed by atoms with Gasteiger partial charge in [-0.1, -0.05) is 35.9 Å². The van der Waals surface area contributed by atoms with Crippen LogP contribution in [-0.2, 0) is 9.59 Å². The summed E-state index contributed by atoms with van der Waals surface area (Å²) < 4.78 is 0. The number of likely N-dealkylation sites (tertiary alicyclic amines) is 1. The standard InChI is InChI=1S/C19H24N2O2/c1-14-3-5-15(6-4-14)16-8-11-21(12-9-16)19(23)17-7-10-20(2)18(22)13-17/h3-6,8,17H,7,9-13H2,1-2H3/t17-/m0/s1. The van der Waals surface area contributed by atoms with Gasteiger partial charge in [0, 0.05) is 39.0 Å². The van der Waals surface area contributed by atoms with Crippen LogP contribution in [0.2, 0.25) is 0 Å². The van der Waals surface area contributed by atoms with Crippen LogP contribution in [0.5, 0.6) is 0 Å². The lowest BCUT2D eigenvalue weighted by Crippen LogP contribution is -2.45. The van der Waals surface area contributed by atoms with Crippen LogP contribution in [0.3, 0.4) is 0 Å². The first kappa shape index (κ1) is 15.8. The Hall–Kier alpha value is -2.10. The third kappa shape index (κ3) is 3.46. The molecule has 1 atom stereocenters. The summed E-state index contributed by atoms with van der Waals surface area (Å²) in [5.41, 5.74) is 3.82. The topological polar surface area (TPSA) is 40.6 Å². The number of carbonyl (C=O) groups excluding carboxylic acids is 2. The van der Waals surface area contributed by atoms with Gasteiger partial charge in [0.05, 0.1) is 0 Å². The van der Waals surface area contributed by atoms with E-state index in [2.05, 4.69) is 37.3 Å². The van der Waals surface area contributed by atoms with Gasteiger partial charge in [0.15, 0.2) is 0 Å². The Kier molecular flexibility index (Phi) is 4.51. The van der Waals surface area contributed by atoms with E-state index >= 15 is 0 Å². The Morgan fingerprint density at radius 3 is 2.52 bits per heavy atom. The largest absolute Gasteiger partial charge is 0.346 e. The molecule has 0 unspecified atom stereocenters. The third-order valence-electron chi connectivity index (χ3n) is 4.95. The fourth-order valence-electron chi connectivity index (χ4n) is 3.31. The molecule has 0 saturated carbocycles. The summed E-state index contributed by atoms with van der Waals surface area (Å²) in [5, 5.41) is 0. The lowest BCUT2D eigenvalue weighted by molar-refractivity contribution is -0.144. The summed E-state index contributed by atoms with van der Waals surface area (Å²) in [7, 11) is 1.81. The van der Waals surface area contributed by atoms with Crippen molar-refractivity contribution < 1.29 is 9.59 Å². The zero-order valence-corrected chi connectivity index (χ0v) is 13.9. The van der Waals surface area contributed by atoms with E-state index in [9.17, 15) is 9.59 Å². The first-order chi connectivity index (χ1) is 11.0. The number of rotatable bonds is 2. The van der Waals surface area contributed by atoms with E-state index in [1.54, 1.807) is 11.9 Å². The second kappa shape index (κ2) is 6.57. The SMILES string of the molecule is Cc1ccc(C2=CCN(C(=O)[C@H]3CCN(C)C(=O)C3)CC2)cc1. The fraction of sp³-hybridized carbons (Fsp3) is 0.474. The average molecular weight is 312 g/mol. The zero-order valence-electron chi connectivity index (χ0n) is 13.9. The molecule has 0 radical (unpaired) electrons. The molecule has 3 rings (SSSR count). The molecule has 1 fully saturated rings. The first-order valence-electron chi connectivity index (χ1n) is 8.33. The van der Waals surface area contributed by atoms with Gasteiger partial charge in [0.2, 0.25) is 11.8 Å². The van der Waals surface area contributed by atoms with E-state index in [0.717, 1.165) is 19.4 Å². The van der Waals surface area contributed by atoms with Crippen molar-refractivity contribution >= 4 is 17.4 Å². The van der Waals surface area contributed by atoms with Crippen LogP contribution in [0.25, 0.3) is 5.57 Å². The molecule has 2 aliphatic heterocycles. The summed E-state index contributed by atoms with van der Waals surface area (Å²) in [6.45, 7) is 4.18. The second-order valence-electron chi connectivity index (χ2n) is 6.63. The highest BCUT2D eigenvalue weighted by Gasteiger charge is 2.32. The Morgan fingerprint density at radius 1 is 1.17 bits per heavy atom. The van der Waals surface area contributed by atoms with Crippen LogP contribution in [0.1, 0.15) is 30.4 Å². The van der Waals surface area contributed by atoms with Crippen molar-refractivity contribution in [3.05, 3.63) is 41.5 Å². The van der Waals surface area contributed by atoms with Crippen LogP contribution in [0.15, 0.2) is 30.3 Å². The highest BCUT2D eigenvalue weighted by atomic mass is 16.2. The number of aryl methyl sites for hydroxylation is 1. The summed E-state index contributed by atoms with van der Waals surface area (Å²) in [5.74, 6) is 0.0983. The number of hydrogen-bond acceptors (Lipinski definition) is 2. The fourth-order valence-corrected chi connectivity index (χ4v) is 3.31. The Morgan fingerprint density at radius 2 is 1.91 bits per heavy atom. The quantitative estimate of drug-likeness (QED) is 0.842. The van der Waals surface area contributed by atoms with Crippen molar-refractivity contribution in [2.24, 2.45) is 5.92 Å². The molecule has 122 valence electrons. The van der Waals surface area contributed by atoms with Crippen molar-refractivity contribution in [1.82, 2.24) is 9.80 Å². The summed E-state index contributed by atoms with van der Waals surface area (Å²) in [4.78, 5) is 28.0. The van der Waals surface area contributed by atoms with Gasteiger partial charge in [0.1, 0.15) is 0 Å². The molecule has 0 spiro atoms. The van der Waals surface area contributed by atoms with Crippen LogP contribution in [0.4, 0.5) is 0 Å². The van der Waals surface area contributed by atoms with Gasteiger partial charge in [0.25, 0.3) is 0 Å². The first-order valence-corrected chi connectivity index (χ1v) is 8.33. The average Bonchev–Trinajstić information content (AvgIpc) is 2.57. The number of benzene rings is 1. The number of amides is 2. The number of carbonyl (C=O) groups is 2. The van der Waals surface area contributed by atoms with Gasteiger partial charge < -0.3 is 9.80 Å². The van der Waals surface area contributed by atoms with E-state index in [4.69, 9.17) is 0 Å². The summed E-state index contributed by atoms with van der Waals surface area (Å²) in [6, 6.07) is 8.54. The molecule has 1 aromatic carbocycles. The van der Waals surface area contributed by atoms with Crippen molar-refractivity contribution in [3.8, 4) is 0 Å². The van der Waals surface area contributed by atoms with Crippen LogP contribution < -0.4 is 0 Å². The molecular weight excluding hydrogens is 288 g/mol. The Bertz CT molecular complexity index is 633. The van der Waals surface area contributed by atoms with Crippen molar-refractivity contribution in [2.45, 2.75) is 26.2 Å². The highest BCUT2D eigenvalue weighted by Crippen LogP contribution is 2.25. The molecular formula is C19H24N2O2. The van der Waals surface area contributed by atoms with Gasteiger partial charge in [-0.2, -0.15) is 0 Å². The normalized spacial score (nSPS) is 22.1. The van der Waals surface area contributed by atoms with E-state index in [-0.39, 0.29) is 17.7 Å². The van der Waals surface area contributed by atoms with Crippen molar-refractivity contribution in [3.63, 3.8) is 0 Å². The minimum atomic E-state index is -0.131. The number of hydrogen-bond donors (Lipinski definition) is 0. The van der Waals surface area contributed by atoms with Crippen LogP contribution >= 0.6 is 0 Å². The molecule has 2 heterocycles. The molecule has 4 heteroatoms. The van der Waals surface area contributed by atoms with E-state index in [1.165, 1.54) is 16.7 Å². The monoisotopic (exact) mass is 312 g/mol. The predicted molar refractivity (Wildman–Crippen MR) is 90.7 cm³/mol. The van der Waals surface area contributed by atoms with E-state index in [0.29, 0.717) is 19.5 Å². The molecule has 0 aromatic heterocycles. The minimum Gasteiger partial charge on any atom is -0.346 e. The van der Waals surface area contributed by atoms with Gasteiger partial charge >= 0.3 is 0 Å². The molecule has 0 bridgehead atoms. The Labute approximate surface area is 137 Å². The molecule has 23 heavy (non-hydrogen) atoms. The summed E-state index contributed by atoms with van der Waals surface area (Å²) >= 11 is 0. The maximum atomic E-state index is 12.6. The zero-order chi connectivity index (χ0) is 16.4. The molecule has 2 amide bonds. The molecule has 1 saturated heterocycles. The molecule has 0 N–H and O–H groups in total. The number of nitrogens with zero attached hydrogens (tertiary/aromatic N) is 2. The van der Waals surface area contributed by atoms with Gasteiger partial charge in [-0.25, -0.2) is 0 Å². The van der Waals surface area contributed by atoms with Crippen LogP contribution in [0, 0.1) is 12.8 Å². The predicted octanol–water partition coefficient (Wildman–Crippen LogP) is 2.48. The van der Waals surface area contributed by atoms with E-state index < -0.39 is 0 Å². The molecule has 4 nitrogen and oxygen atoms in total. The summed E-state index contributed by atoms with van der Waals surface area (Å²) in [6.07, 6.45) is 4.19. The minimum absolute atomic E-state index is 0.0856. The third-order valence-corrected chi connectivity index (χ3v) is 4.95. The van der Waals surface area contributed by atoms with Crippen LogP contribution in [-0.4, -0.2) is 48.3 Å². The van der Waals surface area contributed by atoms with Crippen molar-refractivity contribution in [2.75, 3.05) is 26.7 Å². The molecule has 0 aliphatic carbocycles. The lowest BCUT2D eigenvalue weighted by Gasteiger charge is -2.33. The maximum absolute atomic E-state index is 12.6. The molecule has 2 aliphatic rings. The van der Waals surface area contributed by atoms with Crippen molar-refractivity contribution in [1.29, 1.82) is 0 Å². The van der Waals surface area contributed by atoms with Gasteiger partial charge in [-0.05, 0) is 30.9 Å². The Balaban J connectivity index is 1.62. The molecule has 1 aromatic rings. The number of piperidine rings is 1. The smallest absolute Gasteiger partial charge is 0.226 e. The maximum Gasteiger partial charge on any atom is 0.226 e. The highest BCUT2D eigenvalue weighted by molar-refractivity contribution is 5.87.